The van der Waals surface area contributed by atoms with Crippen LogP contribution in [0.3, 0.4) is 0 Å². The molecule has 6 nitrogen and oxygen atoms in total. The number of hydrogen-bond acceptors (Lipinski definition) is 5. The molecular weight excluding hydrogens is 290 g/mol. The lowest BCUT2D eigenvalue weighted by molar-refractivity contribution is 0.0117. The van der Waals surface area contributed by atoms with Gasteiger partial charge < -0.3 is 14.6 Å². The van der Waals surface area contributed by atoms with Gasteiger partial charge in [0, 0.05) is 45.1 Å². The third-order valence-electron chi connectivity index (χ3n) is 4.91. The lowest BCUT2D eigenvalue weighted by Crippen LogP contribution is -2.33. The Hall–Kier alpha value is -1.92. The Bertz CT molecular complexity index is 658. The summed E-state index contributed by atoms with van der Waals surface area (Å²) in [5.41, 5.74) is -0.00237. The third kappa shape index (κ3) is 3.09. The van der Waals surface area contributed by atoms with Crippen molar-refractivity contribution in [2.75, 3.05) is 25.0 Å². The molecule has 0 aromatic carbocycles. The maximum Gasteiger partial charge on any atom is 0.126 e. The van der Waals surface area contributed by atoms with Gasteiger partial charge in [0.15, 0.2) is 0 Å². The molecule has 2 atom stereocenters. The van der Waals surface area contributed by atoms with Crippen molar-refractivity contribution >= 4 is 5.82 Å². The molecule has 0 bridgehead atoms. The molecule has 4 heterocycles. The van der Waals surface area contributed by atoms with Crippen LogP contribution >= 0.6 is 0 Å². The largest absolute Gasteiger partial charge is 0.371 e. The van der Waals surface area contributed by atoms with E-state index < -0.39 is 0 Å². The van der Waals surface area contributed by atoms with Crippen molar-refractivity contribution in [1.29, 1.82) is 0 Å². The zero-order chi connectivity index (χ0) is 15.7. The highest BCUT2D eigenvalue weighted by molar-refractivity contribution is 5.35. The Morgan fingerprint density at radius 3 is 3.09 bits per heavy atom. The van der Waals surface area contributed by atoms with Crippen molar-refractivity contribution in [3.63, 3.8) is 0 Å². The van der Waals surface area contributed by atoms with E-state index in [0.717, 1.165) is 50.7 Å². The number of rotatable bonds is 4. The van der Waals surface area contributed by atoms with Crippen molar-refractivity contribution < 1.29 is 4.74 Å². The number of hydrogen-bond donors (Lipinski definition) is 1. The second-order valence-corrected chi connectivity index (χ2v) is 6.67. The zero-order valence-corrected chi connectivity index (χ0v) is 13.5. The molecule has 2 unspecified atom stereocenters. The maximum absolute atomic E-state index is 6.21. The summed E-state index contributed by atoms with van der Waals surface area (Å²) < 4.78 is 8.30. The average molecular weight is 313 g/mol. The first-order valence-electron chi connectivity index (χ1n) is 8.23. The number of nitrogens with one attached hydrogen (secondary N) is 1. The summed E-state index contributed by atoms with van der Waals surface area (Å²) in [4.78, 5) is 11.2. The molecule has 122 valence electrons. The summed E-state index contributed by atoms with van der Waals surface area (Å²) in [5.74, 6) is 2.05. The molecule has 2 aliphatic heterocycles. The predicted octanol–water partition coefficient (Wildman–Crippen LogP) is 1.66. The first-order valence-corrected chi connectivity index (χ1v) is 8.23. The van der Waals surface area contributed by atoms with E-state index in [9.17, 15) is 0 Å². The molecule has 0 aliphatic carbocycles. The SMILES string of the molecule is Cn1ccnc1CN1CCC2(CC(Nc3ccccn3)CO2)C1. The van der Waals surface area contributed by atoms with Crippen LogP contribution in [0.4, 0.5) is 5.82 Å². The van der Waals surface area contributed by atoms with Crippen LogP contribution in [0.2, 0.25) is 0 Å². The maximum atomic E-state index is 6.21. The van der Waals surface area contributed by atoms with Crippen LogP contribution in [0.1, 0.15) is 18.7 Å². The molecule has 1 spiro atoms. The first kappa shape index (κ1) is 14.7. The second kappa shape index (κ2) is 5.94. The van der Waals surface area contributed by atoms with E-state index in [0.29, 0.717) is 6.04 Å². The van der Waals surface area contributed by atoms with E-state index in [1.807, 2.05) is 43.8 Å². The lowest BCUT2D eigenvalue weighted by Gasteiger charge is -2.23. The Morgan fingerprint density at radius 2 is 2.30 bits per heavy atom. The molecule has 2 fully saturated rings. The Morgan fingerprint density at radius 1 is 1.35 bits per heavy atom. The van der Waals surface area contributed by atoms with Crippen molar-refractivity contribution in [2.24, 2.45) is 7.05 Å². The summed E-state index contributed by atoms with van der Waals surface area (Å²) in [6.07, 6.45) is 7.82. The van der Waals surface area contributed by atoms with Crippen LogP contribution in [0.5, 0.6) is 0 Å². The molecule has 0 radical (unpaired) electrons. The van der Waals surface area contributed by atoms with E-state index in [2.05, 4.69) is 24.8 Å². The number of aromatic nitrogens is 3. The van der Waals surface area contributed by atoms with Crippen LogP contribution in [0.15, 0.2) is 36.8 Å². The molecule has 6 heteroatoms. The summed E-state index contributed by atoms with van der Waals surface area (Å²) in [6, 6.07) is 6.29. The second-order valence-electron chi connectivity index (χ2n) is 6.67. The van der Waals surface area contributed by atoms with E-state index in [-0.39, 0.29) is 5.60 Å². The van der Waals surface area contributed by atoms with Gasteiger partial charge in [-0.2, -0.15) is 0 Å². The number of anilines is 1. The van der Waals surface area contributed by atoms with Crippen LogP contribution in [-0.4, -0.2) is 50.8 Å². The monoisotopic (exact) mass is 313 g/mol. The van der Waals surface area contributed by atoms with Crippen molar-refractivity contribution in [2.45, 2.75) is 31.0 Å². The van der Waals surface area contributed by atoms with Crippen LogP contribution in [-0.2, 0) is 18.3 Å². The Balaban J connectivity index is 1.35. The van der Waals surface area contributed by atoms with Gasteiger partial charge in [-0.15, -0.1) is 0 Å². The predicted molar refractivity (Wildman–Crippen MR) is 88.0 cm³/mol. The van der Waals surface area contributed by atoms with Crippen LogP contribution in [0, 0.1) is 0 Å². The fourth-order valence-electron chi connectivity index (χ4n) is 3.69. The summed E-state index contributed by atoms with van der Waals surface area (Å²) in [6.45, 7) is 3.71. The smallest absolute Gasteiger partial charge is 0.126 e. The lowest BCUT2D eigenvalue weighted by atomic mass is 9.97. The van der Waals surface area contributed by atoms with Crippen molar-refractivity contribution in [1.82, 2.24) is 19.4 Å². The minimum Gasteiger partial charge on any atom is -0.371 e. The minimum absolute atomic E-state index is 0.00237. The van der Waals surface area contributed by atoms with E-state index in [1.54, 1.807) is 0 Å². The summed E-state index contributed by atoms with van der Waals surface area (Å²) >= 11 is 0. The molecule has 2 aromatic rings. The number of nitrogens with zero attached hydrogens (tertiary/aromatic N) is 4. The molecule has 2 saturated heterocycles. The van der Waals surface area contributed by atoms with E-state index in [4.69, 9.17) is 4.74 Å². The normalized spacial score (nSPS) is 27.8. The summed E-state index contributed by atoms with van der Waals surface area (Å²) in [7, 11) is 2.05. The van der Waals surface area contributed by atoms with Gasteiger partial charge in [-0.1, -0.05) is 6.07 Å². The van der Waals surface area contributed by atoms with Gasteiger partial charge in [0.1, 0.15) is 11.6 Å². The fraction of sp³-hybridized carbons (Fsp3) is 0.529. The van der Waals surface area contributed by atoms with E-state index >= 15 is 0 Å². The highest BCUT2D eigenvalue weighted by atomic mass is 16.5. The molecule has 0 amide bonds. The average Bonchev–Trinajstić information content (AvgIpc) is 3.25. The highest BCUT2D eigenvalue weighted by Crippen LogP contribution is 2.36. The Kier molecular flexibility index (Phi) is 3.79. The molecule has 0 saturated carbocycles. The van der Waals surface area contributed by atoms with Gasteiger partial charge >= 0.3 is 0 Å². The summed E-state index contributed by atoms with van der Waals surface area (Å²) in [5, 5.41) is 3.49. The third-order valence-corrected chi connectivity index (χ3v) is 4.91. The molecule has 4 rings (SSSR count). The number of ether oxygens (including phenoxy) is 1. The Labute approximate surface area is 136 Å². The van der Waals surface area contributed by atoms with Gasteiger partial charge in [-0.3, -0.25) is 4.90 Å². The number of aryl methyl sites for hydroxylation is 1. The van der Waals surface area contributed by atoms with Gasteiger partial charge in [0.25, 0.3) is 0 Å². The van der Waals surface area contributed by atoms with Gasteiger partial charge in [0.2, 0.25) is 0 Å². The van der Waals surface area contributed by atoms with E-state index in [1.165, 1.54) is 0 Å². The minimum atomic E-state index is -0.00237. The topological polar surface area (TPSA) is 55.2 Å². The van der Waals surface area contributed by atoms with Crippen molar-refractivity contribution in [3.8, 4) is 0 Å². The number of imidazole rings is 1. The zero-order valence-electron chi connectivity index (χ0n) is 13.5. The van der Waals surface area contributed by atoms with Crippen LogP contribution in [0.25, 0.3) is 0 Å². The number of pyridine rings is 1. The van der Waals surface area contributed by atoms with Gasteiger partial charge in [-0.05, 0) is 18.6 Å². The van der Waals surface area contributed by atoms with Gasteiger partial charge in [-0.25, -0.2) is 9.97 Å². The molecule has 2 aromatic heterocycles. The molecular formula is C17H23N5O. The first-order chi connectivity index (χ1) is 11.2. The fourth-order valence-corrected chi connectivity index (χ4v) is 3.69. The van der Waals surface area contributed by atoms with Crippen molar-refractivity contribution in [3.05, 3.63) is 42.6 Å². The standard InChI is InChI=1S/C17H23N5O/c1-21-9-7-19-16(21)11-22-8-5-17(13-22)10-14(12-23-17)20-15-4-2-3-6-18-15/h2-4,6-7,9,14H,5,8,10-13H2,1H3,(H,18,20). The quantitative estimate of drug-likeness (QED) is 0.930. The molecule has 1 N–H and O–H groups in total. The van der Waals surface area contributed by atoms with Gasteiger partial charge in [0.05, 0.1) is 24.8 Å². The molecule has 2 aliphatic rings. The molecule has 23 heavy (non-hydrogen) atoms. The van der Waals surface area contributed by atoms with Crippen LogP contribution < -0.4 is 5.32 Å². The highest BCUT2D eigenvalue weighted by Gasteiger charge is 2.45. The number of likely N-dealkylation sites (tertiary alicyclic amines) is 1.